The number of imidazole rings is 1. The first-order valence-electron chi connectivity index (χ1n) is 13.3. The second kappa shape index (κ2) is 9.86. The number of hydrogen-bond donors (Lipinski definition) is 0. The maximum Gasteiger partial charge on any atom is 0.418 e. The Kier molecular flexibility index (Phi) is 6.59. The normalized spacial score (nSPS) is 20.5. The fourth-order valence-electron chi connectivity index (χ4n) is 5.73. The summed E-state index contributed by atoms with van der Waals surface area (Å²) in [6.45, 7) is 6.45. The molecule has 0 spiro atoms. The summed E-state index contributed by atoms with van der Waals surface area (Å²) in [6.07, 6.45) is 0.382. The van der Waals surface area contributed by atoms with E-state index in [4.69, 9.17) is 9.47 Å². The van der Waals surface area contributed by atoms with Crippen molar-refractivity contribution in [1.82, 2.24) is 28.6 Å². The molecule has 4 aromatic rings. The maximum atomic E-state index is 14.3. The van der Waals surface area contributed by atoms with E-state index in [1.807, 2.05) is 43.7 Å². The number of aromatic nitrogens is 5. The SMILES string of the molecule is CC(c1cc(C(F)(F)F)c2cn(-c3cccc(C4(Cc5nncn5C)COC4)c3)c(=O)n2c1)N1CCO[C@H](C)C1. The van der Waals surface area contributed by atoms with Crippen LogP contribution in [0.2, 0.25) is 0 Å². The van der Waals surface area contributed by atoms with Gasteiger partial charge in [0.1, 0.15) is 12.2 Å². The second-order valence-corrected chi connectivity index (χ2v) is 10.9. The maximum absolute atomic E-state index is 14.3. The molecule has 0 amide bonds. The van der Waals surface area contributed by atoms with Crippen LogP contribution in [-0.4, -0.2) is 67.6 Å². The topological polar surface area (TPSA) is 78.8 Å². The van der Waals surface area contributed by atoms with E-state index in [2.05, 4.69) is 15.1 Å². The third-order valence-corrected chi connectivity index (χ3v) is 8.19. The molecular weight excluding hydrogens is 525 g/mol. The zero-order valence-corrected chi connectivity index (χ0v) is 22.6. The van der Waals surface area contributed by atoms with Crippen LogP contribution in [0.4, 0.5) is 13.2 Å². The molecule has 2 aliphatic rings. The van der Waals surface area contributed by atoms with Gasteiger partial charge >= 0.3 is 11.9 Å². The fraction of sp³-hybridized carbons (Fsp3) is 0.464. The van der Waals surface area contributed by atoms with Gasteiger partial charge in [-0.05, 0) is 43.2 Å². The van der Waals surface area contributed by atoms with Gasteiger partial charge in [0.25, 0.3) is 0 Å². The molecule has 5 heterocycles. The molecule has 1 aromatic carbocycles. The molecule has 3 aromatic heterocycles. The van der Waals surface area contributed by atoms with Gasteiger partial charge in [-0.25, -0.2) is 4.79 Å². The zero-order chi connectivity index (χ0) is 28.2. The number of benzene rings is 1. The van der Waals surface area contributed by atoms with E-state index < -0.39 is 17.4 Å². The summed E-state index contributed by atoms with van der Waals surface area (Å²) in [5.74, 6) is 0.798. The summed E-state index contributed by atoms with van der Waals surface area (Å²) in [7, 11) is 1.87. The highest BCUT2D eigenvalue weighted by atomic mass is 19.4. The third kappa shape index (κ3) is 4.63. The molecule has 0 bridgehead atoms. The number of alkyl halides is 3. The lowest BCUT2D eigenvalue weighted by Crippen LogP contribution is -2.49. The largest absolute Gasteiger partial charge is 0.418 e. The molecule has 2 aliphatic heterocycles. The van der Waals surface area contributed by atoms with Crippen molar-refractivity contribution in [3.8, 4) is 5.69 Å². The number of halogens is 3. The number of morpholine rings is 1. The monoisotopic (exact) mass is 556 g/mol. The fourth-order valence-corrected chi connectivity index (χ4v) is 5.73. The van der Waals surface area contributed by atoms with Crippen molar-refractivity contribution < 1.29 is 22.6 Å². The number of hydrogen-bond acceptors (Lipinski definition) is 6. The van der Waals surface area contributed by atoms with Crippen LogP contribution >= 0.6 is 0 Å². The highest BCUT2D eigenvalue weighted by Gasteiger charge is 2.42. The van der Waals surface area contributed by atoms with Crippen molar-refractivity contribution in [2.45, 2.75) is 44.0 Å². The van der Waals surface area contributed by atoms with Gasteiger partial charge in [-0.2, -0.15) is 13.2 Å². The van der Waals surface area contributed by atoms with Crippen LogP contribution in [0.5, 0.6) is 0 Å². The van der Waals surface area contributed by atoms with Crippen molar-refractivity contribution in [2.75, 3.05) is 32.9 Å². The first-order valence-corrected chi connectivity index (χ1v) is 13.3. The minimum absolute atomic E-state index is 0.0175. The number of pyridine rings is 1. The van der Waals surface area contributed by atoms with Crippen LogP contribution in [0.25, 0.3) is 11.2 Å². The highest BCUT2D eigenvalue weighted by Crippen LogP contribution is 2.38. The standard InChI is InChI=1S/C28H31F3N6O3/c1-18-12-35(7-8-40-18)19(2)20-9-23(28(29,30)31)24-14-36(26(38)37(24)13-20)22-6-4-5-21(10-22)27(15-39-16-27)11-25-33-32-17-34(25)3/h4-6,9-10,13-14,17-19H,7-8,11-12,15-16H2,1-3H3/t18-,19?/m1/s1. The van der Waals surface area contributed by atoms with E-state index in [1.54, 1.807) is 12.4 Å². The van der Waals surface area contributed by atoms with E-state index in [0.29, 0.717) is 50.6 Å². The van der Waals surface area contributed by atoms with Gasteiger partial charge in [0, 0.05) is 50.4 Å². The molecule has 2 atom stereocenters. The average Bonchev–Trinajstić information content (AvgIpc) is 3.46. The van der Waals surface area contributed by atoms with Gasteiger partial charge in [0.05, 0.1) is 42.7 Å². The quantitative estimate of drug-likeness (QED) is 0.362. The lowest BCUT2D eigenvalue weighted by atomic mass is 9.75. The Morgan fingerprint density at radius 2 is 2.00 bits per heavy atom. The van der Waals surface area contributed by atoms with Gasteiger partial charge in [0.2, 0.25) is 0 Å². The first-order chi connectivity index (χ1) is 19.1. The summed E-state index contributed by atoms with van der Waals surface area (Å²) < 4.78 is 58.4. The predicted octanol–water partition coefficient (Wildman–Crippen LogP) is 3.53. The Morgan fingerprint density at radius 1 is 1.20 bits per heavy atom. The predicted molar refractivity (Wildman–Crippen MR) is 141 cm³/mol. The van der Waals surface area contributed by atoms with E-state index in [0.717, 1.165) is 15.8 Å². The Hall–Kier alpha value is -3.48. The summed E-state index contributed by atoms with van der Waals surface area (Å²) in [5, 5.41) is 8.17. The van der Waals surface area contributed by atoms with Crippen molar-refractivity contribution >= 4 is 5.52 Å². The van der Waals surface area contributed by atoms with E-state index in [9.17, 15) is 18.0 Å². The Bertz CT molecular complexity index is 1600. The zero-order valence-electron chi connectivity index (χ0n) is 22.6. The van der Waals surface area contributed by atoms with Gasteiger partial charge in [-0.15, -0.1) is 10.2 Å². The highest BCUT2D eigenvalue weighted by molar-refractivity contribution is 5.58. The van der Waals surface area contributed by atoms with Crippen molar-refractivity contribution in [1.29, 1.82) is 0 Å². The number of aryl methyl sites for hydroxylation is 1. The Balaban J connectivity index is 1.42. The molecule has 2 saturated heterocycles. The molecule has 0 N–H and O–H groups in total. The summed E-state index contributed by atoms with van der Waals surface area (Å²) >= 11 is 0. The van der Waals surface area contributed by atoms with E-state index in [1.165, 1.54) is 23.0 Å². The molecule has 6 rings (SSSR count). The van der Waals surface area contributed by atoms with Crippen LogP contribution in [-0.2, 0) is 34.5 Å². The van der Waals surface area contributed by atoms with Crippen molar-refractivity contribution in [3.63, 3.8) is 0 Å². The Morgan fingerprint density at radius 3 is 2.65 bits per heavy atom. The van der Waals surface area contributed by atoms with Gasteiger partial charge in [-0.1, -0.05) is 12.1 Å². The van der Waals surface area contributed by atoms with E-state index >= 15 is 0 Å². The molecule has 0 saturated carbocycles. The smallest absolute Gasteiger partial charge is 0.379 e. The summed E-state index contributed by atoms with van der Waals surface area (Å²) in [4.78, 5) is 15.7. The molecular formula is C28H31F3N6O3. The van der Waals surface area contributed by atoms with Crippen LogP contribution in [0.1, 0.15) is 42.4 Å². The van der Waals surface area contributed by atoms with Crippen molar-refractivity contribution in [3.05, 3.63) is 82.1 Å². The van der Waals surface area contributed by atoms with Crippen LogP contribution in [0.15, 0.2) is 53.8 Å². The van der Waals surface area contributed by atoms with Crippen molar-refractivity contribution in [2.24, 2.45) is 7.05 Å². The minimum atomic E-state index is -4.64. The molecule has 1 unspecified atom stereocenters. The van der Waals surface area contributed by atoms with Crippen LogP contribution in [0.3, 0.4) is 0 Å². The number of ether oxygens (including phenoxy) is 2. The summed E-state index contributed by atoms with van der Waals surface area (Å²) in [5.41, 5.74) is -0.111. The molecule has 2 fully saturated rings. The summed E-state index contributed by atoms with van der Waals surface area (Å²) in [6, 6.07) is 8.19. The molecule has 12 heteroatoms. The van der Waals surface area contributed by atoms with Crippen LogP contribution < -0.4 is 5.69 Å². The number of nitrogens with zero attached hydrogens (tertiary/aromatic N) is 6. The molecule has 212 valence electrons. The van der Waals surface area contributed by atoms with E-state index in [-0.39, 0.29) is 23.1 Å². The Labute approximate surface area is 228 Å². The lowest BCUT2D eigenvalue weighted by molar-refractivity contribution is -0.136. The molecule has 0 aliphatic carbocycles. The molecule has 40 heavy (non-hydrogen) atoms. The molecule has 0 radical (unpaired) electrons. The van der Waals surface area contributed by atoms with Gasteiger partial charge < -0.3 is 14.0 Å². The average molecular weight is 557 g/mol. The van der Waals surface area contributed by atoms with Crippen LogP contribution in [0, 0.1) is 0 Å². The van der Waals surface area contributed by atoms with Gasteiger partial charge in [0.15, 0.2) is 0 Å². The third-order valence-electron chi connectivity index (χ3n) is 8.19. The number of fused-ring (bicyclic) bond motifs is 1. The second-order valence-electron chi connectivity index (χ2n) is 10.9. The molecule has 9 nitrogen and oxygen atoms in total. The lowest BCUT2D eigenvalue weighted by Gasteiger charge is -2.41. The van der Waals surface area contributed by atoms with Gasteiger partial charge in [-0.3, -0.25) is 13.9 Å². The number of rotatable bonds is 6. The minimum Gasteiger partial charge on any atom is -0.379 e. The first kappa shape index (κ1) is 26.7.